The number of hydrogen-bond acceptors (Lipinski definition) is 5. The second-order valence-corrected chi connectivity index (χ2v) is 7.96. The lowest BCUT2D eigenvalue weighted by molar-refractivity contribution is 0.0627. The lowest BCUT2D eigenvalue weighted by atomic mass is 10.1. The van der Waals surface area contributed by atoms with E-state index in [0.29, 0.717) is 30.7 Å². The second kappa shape index (κ2) is 7.85. The summed E-state index contributed by atoms with van der Waals surface area (Å²) >= 11 is 1.70. The lowest BCUT2D eigenvalue weighted by Crippen LogP contribution is -2.49. The summed E-state index contributed by atoms with van der Waals surface area (Å²) in [5, 5.41) is 4.76. The van der Waals surface area contributed by atoms with Gasteiger partial charge in [-0.2, -0.15) is 11.3 Å². The van der Waals surface area contributed by atoms with Crippen molar-refractivity contribution in [2.45, 2.75) is 26.9 Å². The monoisotopic (exact) mass is 396 g/mol. The Bertz CT molecular complexity index is 1050. The van der Waals surface area contributed by atoms with Gasteiger partial charge < -0.3 is 9.47 Å². The van der Waals surface area contributed by atoms with E-state index in [9.17, 15) is 9.59 Å². The van der Waals surface area contributed by atoms with Crippen molar-refractivity contribution in [2.75, 3.05) is 26.2 Å². The third kappa shape index (κ3) is 3.59. The molecule has 1 fully saturated rings. The second-order valence-electron chi connectivity index (χ2n) is 7.18. The van der Waals surface area contributed by atoms with Crippen LogP contribution in [-0.4, -0.2) is 51.4 Å². The first-order chi connectivity index (χ1) is 13.6. The normalized spacial score (nSPS) is 15.3. The van der Waals surface area contributed by atoms with E-state index in [2.05, 4.69) is 26.7 Å². The van der Waals surface area contributed by atoms with Gasteiger partial charge in [-0.1, -0.05) is 0 Å². The molecule has 146 valence electrons. The molecule has 6 nitrogen and oxygen atoms in total. The van der Waals surface area contributed by atoms with Crippen molar-refractivity contribution in [3.05, 3.63) is 62.2 Å². The number of rotatable bonds is 4. The Hall–Kier alpha value is -2.51. The molecule has 4 rings (SSSR count). The average Bonchev–Trinajstić information content (AvgIpc) is 3.21. The van der Waals surface area contributed by atoms with Crippen LogP contribution in [0, 0.1) is 6.92 Å². The molecule has 1 saturated heterocycles. The van der Waals surface area contributed by atoms with Gasteiger partial charge in [0.05, 0.1) is 5.39 Å². The van der Waals surface area contributed by atoms with Crippen LogP contribution in [0.5, 0.6) is 0 Å². The molecule has 3 aromatic rings. The fourth-order valence-corrected chi connectivity index (χ4v) is 4.33. The SMILES string of the molecule is CCn1cc(C(=O)N2CCN(Cc3ccsc3)CC2)c(=O)c2ccc(C)nc21. The Balaban J connectivity index is 1.55. The number of carbonyl (C=O) groups excluding carboxylic acids is 1. The van der Waals surface area contributed by atoms with E-state index >= 15 is 0 Å². The van der Waals surface area contributed by atoms with E-state index in [1.807, 2.05) is 24.5 Å². The number of nitrogens with zero attached hydrogens (tertiary/aromatic N) is 4. The zero-order valence-electron chi connectivity index (χ0n) is 16.2. The number of piperazine rings is 1. The minimum absolute atomic E-state index is 0.176. The number of thiophene rings is 1. The minimum atomic E-state index is -0.224. The van der Waals surface area contributed by atoms with Crippen molar-refractivity contribution in [1.29, 1.82) is 0 Å². The van der Waals surface area contributed by atoms with E-state index in [4.69, 9.17) is 0 Å². The summed E-state index contributed by atoms with van der Waals surface area (Å²) in [6.45, 7) is 8.37. The standard InChI is InChI=1S/C21H24N4O2S/c1-3-24-13-18(19(26)17-5-4-15(2)22-20(17)24)21(27)25-9-7-23(8-10-25)12-16-6-11-28-14-16/h4-6,11,13-14H,3,7-10,12H2,1-2H3. The van der Waals surface area contributed by atoms with E-state index in [1.165, 1.54) is 5.56 Å². The Labute approximate surface area is 168 Å². The molecule has 1 aliphatic heterocycles. The van der Waals surface area contributed by atoms with Crippen LogP contribution in [0.3, 0.4) is 0 Å². The summed E-state index contributed by atoms with van der Waals surface area (Å²) in [5.41, 5.74) is 2.83. The quantitative estimate of drug-likeness (QED) is 0.680. The molecule has 0 N–H and O–H groups in total. The topological polar surface area (TPSA) is 58.4 Å². The van der Waals surface area contributed by atoms with Crippen molar-refractivity contribution in [3.63, 3.8) is 0 Å². The Morgan fingerprint density at radius 2 is 1.96 bits per heavy atom. The first kappa shape index (κ1) is 18.8. The minimum Gasteiger partial charge on any atom is -0.336 e. The number of hydrogen-bond donors (Lipinski definition) is 0. The molecule has 28 heavy (non-hydrogen) atoms. The van der Waals surface area contributed by atoms with Gasteiger partial charge in [-0.3, -0.25) is 14.5 Å². The maximum atomic E-state index is 13.1. The van der Waals surface area contributed by atoms with Crippen LogP contribution in [0.25, 0.3) is 11.0 Å². The molecule has 7 heteroatoms. The van der Waals surface area contributed by atoms with E-state index in [1.54, 1.807) is 28.5 Å². The van der Waals surface area contributed by atoms with Crippen molar-refractivity contribution < 1.29 is 4.79 Å². The van der Waals surface area contributed by atoms with Crippen LogP contribution in [0.1, 0.15) is 28.5 Å². The Morgan fingerprint density at radius 1 is 1.18 bits per heavy atom. The first-order valence-corrected chi connectivity index (χ1v) is 10.5. The number of carbonyl (C=O) groups is 1. The van der Waals surface area contributed by atoms with Crippen molar-refractivity contribution in [2.24, 2.45) is 0 Å². The van der Waals surface area contributed by atoms with E-state index < -0.39 is 0 Å². The highest BCUT2D eigenvalue weighted by molar-refractivity contribution is 7.07. The molecule has 4 heterocycles. The fraction of sp³-hybridized carbons (Fsp3) is 0.381. The maximum absolute atomic E-state index is 13.1. The van der Waals surface area contributed by atoms with Crippen molar-refractivity contribution >= 4 is 28.3 Å². The maximum Gasteiger partial charge on any atom is 0.259 e. The molecule has 0 atom stereocenters. The highest BCUT2D eigenvalue weighted by Crippen LogP contribution is 2.15. The van der Waals surface area contributed by atoms with Gasteiger partial charge in [-0.25, -0.2) is 4.98 Å². The highest BCUT2D eigenvalue weighted by atomic mass is 32.1. The summed E-state index contributed by atoms with van der Waals surface area (Å²) in [5.74, 6) is -0.176. The highest BCUT2D eigenvalue weighted by Gasteiger charge is 2.25. The molecule has 0 aromatic carbocycles. The van der Waals surface area contributed by atoms with Gasteiger partial charge in [0.2, 0.25) is 5.43 Å². The van der Waals surface area contributed by atoms with Crippen LogP contribution in [0.4, 0.5) is 0 Å². The van der Waals surface area contributed by atoms with Crippen LogP contribution in [-0.2, 0) is 13.1 Å². The van der Waals surface area contributed by atoms with Gasteiger partial charge in [-0.05, 0) is 48.4 Å². The first-order valence-electron chi connectivity index (χ1n) is 9.60. The predicted octanol–water partition coefficient (Wildman–Crippen LogP) is 2.74. The summed E-state index contributed by atoms with van der Waals surface area (Å²) in [6, 6.07) is 5.74. The smallest absolute Gasteiger partial charge is 0.259 e. The summed E-state index contributed by atoms with van der Waals surface area (Å²) in [4.78, 5) is 34.7. The number of fused-ring (bicyclic) bond motifs is 1. The molecule has 1 amide bonds. The number of amides is 1. The molecule has 0 aliphatic carbocycles. The van der Waals surface area contributed by atoms with Gasteiger partial charge in [0, 0.05) is 51.2 Å². The third-order valence-electron chi connectivity index (χ3n) is 5.28. The molecule has 0 saturated carbocycles. The third-order valence-corrected chi connectivity index (χ3v) is 6.01. The summed E-state index contributed by atoms with van der Waals surface area (Å²) in [7, 11) is 0. The average molecular weight is 397 g/mol. The van der Waals surface area contributed by atoms with Crippen LogP contribution in [0.2, 0.25) is 0 Å². The summed E-state index contributed by atoms with van der Waals surface area (Å²) in [6.07, 6.45) is 1.68. The molecule has 0 bridgehead atoms. The van der Waals surface area contributed by atoms with Gasteiger partial charge >= 0.3 is 0 Å². The summed E-state index contributed by atoms with van der Waals surface area (Å²) < 4.78 is 1.89. The lowest BCUT2D eigenvalue weighted by Gasteiger charge is -2.34. The molecule has 1 aliphatic rings. The fourth-order valence-electron chi connectivity index (χ4n) is 3.67. The van der Waals surface area contributed by atoms with Gasteiger partial charge in [-0.15, -0.1) is 0 Å². The van der Waals surface area contributed by atoms with Crippen LogP contribution in [0.15, 0.2) is 40.0 Å². The van der Waals surface area contributed by atoms with Crippen molar-refractivity contribution in [3.8, 4) is 0 Å². The largest absolute Gasteiger partial charge is 0.336 e. The number of aromatic nitrogens is 2. The molecule has 0 spiro atoms. The van der Waals surface area contributed by atoms with Gasteiger partial charge in [0.25, 0.3) is 5.91 Å². The van der Waals surface area contributed by atoms with Crippen LogP contribution < -0.4 is 5.43 Å². The molecule has 0 unspecified atom stereocenters. The van der Waals surface area contributed by atoms with Gasteiger partial charge in [0.15, 0.2) is 0 Å². The Kier molecular flexibility index (Phi) is 5.28. The molecular formula is C21H24N4O2S. The van der Waals surface area contributed by atoms with Crippen molar-refractivity contribution in [1.82, 2.24) is 19.4 Å². The molecule has 0 radical (unpaired) electrons. The number of pyridine rings is 2. The molecular weight excluding hydrogens is 372 g/mol. The van der Waals surface area contributed by atoms with E-state index in [0.717, 1.165) is 25.3 Å². The predicted molar refractivity (Wildman–Crippen MR) is 112 cm³/mol. The van der Waals surface area contributed by atoms with Crippen LogP contribution >= 0.6 is 11.3 Å². The number of aryl methyl sites for hydroxylation is 2. The zero-order valence-corrected chi connectivity index (χ0v) is 17.0. The van der Waals surface area contributed by atoms with Gasteiger partial charge in [0.1, 0.15) is 11.2 Å². The Morgan fingerprint density at radius 3 is 2.64 bits per heavy atom. The zero-order chi connectivity index (χ0) is 19.7. The van der Waals surface area contributed by atoms with E-state index in [-0.39, 0.29) is 16.9 Å². The molecule has 3 aromatic heterocycles.